The van der Waals surface area contributed by atoms with Crippen LogP contribution in [0.15, 0.2) is 0 Å². The van der Waals surface area contributed by atoms with Crippen molar-refractivity contribution < 1.29 is 12.6 Å². The summed E-state index contributed by atoms with van der Waals surface area (Å²) in [6.45, 7) is 1.06. The number of aliphatic hydroxyl groups is 1. The van der Waals surface area contributed by atoms with Crippen LogP contribution < -0.4 is 0 Å². The van der Waals surface area contributed by atoms with Gasteiger partial charge < -0.3 is 9.84 Å². The fourth-order valence-corrected chi connectivity index (χ4v) is 0.303. The van der Waals surface area contributed by atoms with Crippen LogP contribution in [-0.4, -0.2) is 23.9 Å². The number of hydrogen-bond acceptors (Lipinski definition) is 2. The van der Waals surface area contributed by atoms with E-state index in [1.165, 1.54) is 6.92 Å². The SMILES string of the molecule is [2H][C@@]1(C)O[C@@]1([2H])CO. The Hall–Kier alpha value is -0.0800. The van der Waals surface area contributed by atoms with Crippen LogP contribution in [0.2, 0.25) is 0 Å². The van der Waals surface area contributed by atoms with E-state index in [9.17, 15) is 0 Å². The monoisotopic (exact) mass is 90.1 g/mol. The normalized spacial score (nSPS) is 72.3. The van der Waals surface area contributed by atoms with E-state index >= 15 is 0 Å². The Morgan fingerprint density at radius 1 is 2.17 bits per heavy atom. The van der Waals surface area contributed by atoms with Gasteiger partial charge in [-0.3, -0.25) is 0 Å². The molecule has 0 radical (unpaired) electrons. The maximum atomic E-state index is 8.37. The third kappa shape index (κ3) is 0.533. The van der Waals surface area contributed by atoms with E-state index in [4.69, 9.17) is 7.85 Å². The number of hydrogen-bond donors (Lipinski definition) is 1. The molecule has 0 saturated carbocycles. The van der Waals surface area contributed by atoms with Crippen molar-refractivity contribution in [1.82, 2.24) is 0 Å². The zero-order valence-electron chi connectivity index (χ0n) is 5.56. The molecule has 0 bridgehead atoms. The lowest BCUT2D eigenvalue weighted by Gasteiger charge is -1.73. The second kappa shape index (κ2) is 1.21. The van der Waals surface area contributed by atoms with Crippen LogP contribution in [0.3, 0.4) is 0 Å². The fourth-order valence-electron chi connectivity index (χ4n) is 0.303. The summed E-state index contributed by atoms with van der Waals surface area (Å²) < 4.78 is 18.6. The van der Waals surface area contributed by atoms with Gasteiger partial charge in [0.1, 0.15) is 6.08 Å². The number of rotatable bonds is 1. The molecule has 0 aromatic heterocycles. The summed E-state index contributed by atoms with van der Waals surface area (Å²) in [5.41, 5.74) is 0. The van der Waals surface area contributed by atoms with Crippen molar-refractivity contribution in [2.45, 2.75) is 19.1 Å². The van der Waals surface area contributed by atoms with Crippen LogP contribution >= 0.6 is 0 Å². The number of epoxide rings is 1. The first kappa shape index (κ1) is 2.28. The topological polar surface area (TPSA) is 32.8 Å². The molecule has 1 fully saturated rings. The van der Waals surface area contributed by atoms with Gasteiger partial charge in [-0.05, 0) is 6.92 Å². The number of ether oxygens (including phenoxy) is 1. The highest BCUT2D eigenvalue weighted by Crippen LogP contribution is 2.18. The van der Waals surface area contributed by atoms with Crippen molar-refractivity contribution in [2.75, 3.05) is 6.61 Å². The van der Waals surface area contributed by atoms with E-state index < -0.39 is 18.8 Å². The molecule has 36 valence electrons. The van der Waals surface area contributed by atoms with Crippen LogP contribution in [0.25, 0.3) is 0 Å². The summed E-state index contributed by atoms with van der Waals surface area (Å²) in [4.78, 5) is 0. The molecule has 2 atom stereocenters. The second-order valence-corrected chi connectivity index (χ2v) is 1.24. The van der Waals surface area contributed by atoms with Gasteiger partial charge >= 0.3 is 0 Å². The minimum atomic E-state index is -1.34. The minimum Gasteiger partial charge on any atom is -0.394 e. The van der Waals surface area contributed by atoms with E-state index in [0.717, 1.165) is 0 Å². The fraction of sp³-hybridized carbons (Fsp3) is 1.00. The zero-order chi connectivity index (χ0) is 6.41. The highest BCUT2D eigenvalue weighted by atomic mass is 16.6. The summed E-state index contributed by atoms with van der Waals surface area (Å²) in [5.74, 6) is 0. The Kier molecular flexibility index (Phi) is 0.459. The first-order chi connectivity index (χ1) is 3.52. The molecule has 1 heterocycles. The third-order valence-electron chi connectivity index (χ3n) is 0.771. The van der Waals surface area contributed by atoms with Gasteiger partial charge in [-0.25, -0.2) is 0 Å². The van der Waals surface area contributed by atoms with Gasteiger partial charge in [-0.2, -0.15) is 0 Å². The molecule has 1 rings (SSSR count). The Labute approximate surface area is 39.5 Å². The van der Waals surface area contributed by atoms with E-state index in [0.29, 0.717) is 0 Å². The lowest BCUT2D eigenvalue weighted by atomic mass is 10.4. The summed E-state index contributed by atoms with van der Waals surface area (Å²) >= 11 is 0. The van der Waals surface area contributed by atoms with Gasteiger partial charge in [0.15, 0.2) is 0 Å². The third-order valence-corrected chi connectivity index (χ3v) is 0.771. The van der Waals surface area contributed by atoms with E-state index in [1.807, 2.05) is 0 Å². The van der Waals surface area contributed by atoms with Crippen molar-refractivity contribution in [3.63, 3.8) is 0 Å². The molecule has 0 unspecified atom stereocenters. The smallest absolute Gasteiger partial charge is 0.107 e. The predicted molar refractivity (Wildman–Crippen MR) is 21.4 cm³/mol. The molecule has 0 aliphatic carbocycles. The maximum absolute atomic E-state index is 8.37. The molecule has 0 aromatic carbocycles. The molecular formula is C4H8O2. The van der Waals surface area contributed by atoms with Gasteiger partial charge in [0.25, 0.3) is 0 Å². The molecule has 1 N–H and O–H groups in total. The van der Waals surface area contributed by atoms with Crippen LogP contribution in [0.4, 0.5) is 0 Å². The van der Waals surface area contributed by atoms with E-state index in [2.05, 4.69) is 4.74 Å². The van der Waals surface area contributed by atoms with Crippen molar-refractivity contribution in [2.24, 2.45) is 0 Å². The number of aliphatic hydroxyl groups excluding tert-OH is 1. The lowest BCUT2D eigenvalue weighted by Crippen LogP contribution is -1.93. The van der Waals surface area contributed by atoms with Crippen molar-refractivity contribution in [1.29, 1.82) is 0 Å². The first-order valence-electron chi connectivity index (χ1n) is 2.83. The van der Waals surface area contributed by atoms with Crippen LogP contribution in [0.5, 0.6) is 0 Å². The average molecular weight is 90.1 g/mol. The molecular weight excluding hydrogens is 80.0 g/mol. The standard InChI is InChI=1S/C4H8O2/c1-3-4(2-5)6-3/h3-5H,2H2,1H3/t3-,4-/m0/s1/i3D,4D. The van der Waals surface area contributed by atoms with Gasteiger partial charge in [0, 0.05) is 0 Å². The molecule has 6 heavy (non-hydrogen) atoms. The Bertz CT molecular complexity index is 115. The van der Waals surface area contributed by atoms with Crippen LogP contribution in [-0.2, 0) is 4.74 Å². The quantitative estimate of drug-likeness (QED) is 0.451. The summed E-state index contributed by atoms with van der Waals surface area (Å²) in [7, 11) is 0. The minimum absolute atomic E-state index is 0.396. The van der Waals surface area contributed by atoms with Crippen molar-refractivity contribution in [3.8, 4) is 0 Å². The Morgan fingerprint density at radius 3 is 2.67 bits per heavy atom. The van der Waals surface area contributed by atoms with Crippen LogP contribution in [0, 0.1) is 0 Å². The van der Waals surface area contributed by atoms with Crippen molar-refractivity contribution in [3.05, 3.63) is 0 Å². The van der Waals surface area contributed by atoms with E-state index in [1.54, 1.807) is 0 Å². The Morgan fingerprint density at radius 2 is 2.67 bits per heavy atom. The highest BCUT2D eigenvalue weighted by molar-refractivity contribution is 4.78. The summed E-state index contributed by atoms with van der Waals surface area (Å²) in [5, 5.41) is 8.37. The molecule has 2 heteroatoms. The van der Waals surface area contributed by atoms with Crippen LogP contribution in [0.1, 0.15) is 9.67 Å². The van der Waals surface area contributed by atoms with Crippen molar-refractivity contribution >= 4 is 0 Å². The lowest BCUT2D eigenvalue weighted by molar-refractivity contribution is 0.242. The molecule has 1 saturated heterocycles. The van der Waals surface area contributed by atoms with Gasteiger partial charge in [-0.15, -0.1) is 0 Å². The predicted octanol–water partition coefficient (Wildman–Crippen LogP) is -0.234. The van der Waals surface area contributed by atoms with E-state index in [-0.39, 0.29) is 0 Å². The molecule has 0 amide bonds. The summed E-state index contributed by atoms with van der Waals surface area (Å²) in [6.07, 6.45) is -2.52. The first-order valence-corrected chi connectivity index (χ1v) is 1.83. The van der Waals surface area contributed by atoms with Gasteiger partial charge in [-0.1, -0.05) is 0 Å². The zero-order valence-corrected chi connectivity index (χ0v) is 3.56. The summed E-state index contributed by atoms with van der Waals surface area (Å²) in [6, 6.07) is 0. The molecule has 0 spiro atoms. The largest absolute Gasteiger partial charge is 0.394 e. The van der Waals surface area contributed by atoms with Gasteiger partial charge in [0.2, 0.25) is 0 Å². The maximum Gasteiger partial charge on any atom is 0.107 e. The molecule has 0 aromatic rings. The molecule has 1 aliphatic heterocycles. The highest BCUT2D eigenvalue weighted by Gasteiger charge is 2.32. The average Bonchev–Trinajstić information content (AvgIpc) is 2.10. The van der Waals surface area contributed by atoms with Gasteiger partial charge in [0.05, 0.1) is 15.4 Å². The molecule has 2 nitrogen and oxygen atoms in total. The molecule has 1 aliphatic rings. The second-order valence-electron chi connectivity index (χ2n) is 1.24. The Balaban J connectivity index is 2.55.